The monoisotopic (exact) mass is 764 g/mol. The molecule has 15 heteroatoms. The number of rotatable bonds is 27. The molecule has 1 unspecified atom stereocenters. The molecule has 14 nitrogen and oxygen atoms in total. The zero-order valence-electron chi connectivity index (χ0n) is 34.4. The summed E-state index contributed by atoms with van der Waals surface area (Å²) in [6, 6.07) is -3.21. The van der Waals surface area contributed by atoms with Crippen molar-refractivity contribution in [3.63, 3.8) is 0 Å². The molecule has 3 saturated carbocycles. The number of amides is 4. The molecule has 54 heavy (non-hydrogen) atoms. The van der Waals surface area contributed by atoms with E-state index < -0.39 is 60.6 Å². The summed E-state index contributed by atoms with van der Waals surface area (Å²) in [7, 11) is -0.610. The summed E-state index contributed by atoms with van der Waals surface area (Å²) in [5.74, 6) is -1.59. The molecular weight excluding hydrogens is 689 g/mol. The van der Waals surface area contributed by atoms with Crippen molar-refractivity contribution in [1.82, 2.24) is 31.9 Å². The van der Waals surface area contributed by atoms with E-state index in [4.69, 9.17) is 15.0 Å². The van der Waals surface area contributed by atoms with Crippen LogP contribution >= 0.6 is 0 Å². The van der Waals surface area contributed by atoms with E-state index in [2.05, 4.69) is 59.6 Å². The molecular formula is C39H74BN7O7. The number of unbranched alkanes of at least 4 members (excludes halogenated alkanes) is 8. The summed E-state index contributed by atoms with van der Waals surface area (Å²) in [6.07, 6.45) is 12.6. The Hall–Kier alpha value is -2.30. The molecule has 4 amide bonds. The van der Waals surface area contributed by atoms with Crippen molar-refractivity contribution >= 4 is 30.7 Å². The molecule has 9 atom stereocenters. The van der Waals surface area contributed by atoms with Crippen LogP contribution in [0.25, 0.3) is 0 Å². The lowest BCUT2D eigenvalue weighted by Gasteiger charge is -2.64. The highest BCUT2D eigenvalue weighted by Gasteiger charge is 2.68. The Morgan fingerprint density at radius 3 is 2.11 bits per heavy atom. The average molecular weight is 764 g/mol. The first-order valence-electron chi connectivity index (χ1n) is 21.0. The van der Waals surface area contributed by atoms with E-state index in [0.29, 0.717) is 50.7 Å². The van der Waals surface area contributed by atoms with E-state index in [1.165, 1.54) is 58.8 Å². The van der Waals surface area contributed by atoms with Gasteiger partial charge in [0.15, 0.2) is 0 Å². The molecule has 0 spiro atoms. The lowest BCUT2D eigenvalue weighted by Crippen LogP contribution is -2.65. The molecule has 4 rings (SSSR count). The van der Waals surface area contributed by atoms with Crippen LogP contribution in [0.3, 0.4) is 0 Å². The van der Waals surface area contributed by atoms with E-state index in [1.54, 1.807) is 0 Å². The third-order valence-electron chi connectivity index (χ3n) is 12.1. The number of carbonyl (C=O) groups excluding carboxylic acids is 4. The summed E-state index contributed by atoms with van der Waals surface area (Å²) in [5.41, 5.74) is 5.49. The first kappa shape index (κ1) is 46.1. The zero-order chi connectivity index (χ0) is 39.9. The van der Waals surface area contributed by atoms with Crippen LogP contribution in [0.2, 0.25) is 0 Å². The third-order valence-corrected chi connectivity index (χ3v) is 12.1. The Morgan fingerprint density at radius 2 is 1.46 bits per heavy atom. The minimum atomic E-state index is -1.27. The SMILES string of the molecule is CCCCCCCCCCNCCNCC(=O)N[C@H](C(=O)N[C@@H](C)C(=O)N[C@@H](CCCCN)C(=O)N[C@@H](C)B1OC2C[C@@H]3C[C@@H](C3(C)C)[C@]2(C)O1)[C@@H](C)O. The van der Waals surface area contributed by atoms with Gasteiger partial charge in [-0.3, -0.25) is 19.2 Å². The van der Waals surface area contributed by atoms with Gasteiger partial charge in [-0.2, -0.15) is 0 Å². The van der Waals surface area contributed by atoms with Gasteiger partial charge in [0.05, 0.1) is 30.3 Å². The van der Waals surface area contributed by atoms with Gasteiger partial charge in [-0.1, -0.05) is 65.7 Å². The maximum atomic E-state index is 13.6. The maximum absolute atomic E-state index is 13.6. The minimum Gasteiger partial charge on any atom is -0.404 e. The zero-order valence-corrected chi connectivity index (χ0v) is 34.4. The van der Waals surface area contributed by atoms with Gasteiger partial charge >= 0.3 is 7.12 Å². The molecule has 9 N–H and O–H groups in total. The van der Waals surface area contributed by atoms with E-state index in [1.807, 2.05) is 6.92 Å². The van der Waals surface area contributed by atoms with Crippen molar-refractivity contribution in [2.24, 2.45) is 23.0 Å². The number of carbonyl (C=O) groups is 4. The topological polar surface area (TPSA) is 205 Å². The van der Waals surface area contributed by atoms with E-state index in [0.717, 1.165) is 25.8 Å². The fourth-order valence-corrected chi connectivity index (χ4v) is 8.45. The van der Waals surface area contributed by atoms with E-state index in [9.17, 15) is 24.3 Å². The number of hydrogen-bond acceptors (Lipinski definition) is 10. The van der Waals surface area contributed by atoms with Gasteiger partial charge < -0.3 is 52.0 Å². The van der Waals surface area contributed by atoms with Crippen LogP contribution in [0.1, 0.15) is 132 Å². The number of hydrogen-bond donors (Lipinski definition) is 8. The Labute approximate surface area is 325 Å². The lowest BCUT2D eigenvalue weighted by atomic mass is 9.43. The fourth-order valence-electron chi connectivity index (χ4n) is 8.45. The van der Waals surface area contributed by atoms with Crippen LogP contribution in [0, 0.1) is 17.3 Å². The van der Waals surface area contributed by atoms with Gasteiger partial charge in [-0.25, -0.2) is 0 Å². The maximum Gasteiger partial charge on any atom is 0.481 e. The summed E-state index contributed by atoms with van der Waals surface area (Å²) >= 11 is 0. The summed E-state index contributed by atoms with van der Waals surface area (Å²) in [4.78, 5) is 52.6. The smallest absolute Gasteiger partial charge is 0.404 e. The number of nitrogens with two attached hydrogens (primary N) is 1. The highest BCUT2D eigenvalue weighted by atomic mass is 16.7. The molecule has 2 bridgehead atoms. The minimum absolute atomic E-state index is 0.0221. The van der Waals surface area contributed by atoms with Crippen molar-refractivity contribution in [2.45, 2.75) is 174 Å². The van der Waals surface area contributed by atoms with Crippen molar-refractivity contribution in [3.8, 4) is 0 Å². The fraction of sp³-hybridized carbons (Fsp3) is 0.897. The molecule has 1 saturated heterocycles. The normalized spacial score (nSPS) is 25.4. The molecule has 0 radical (unpaired) electrons. The van der Waals surface area contributed by atoms with Gasteiger partial charge in [-0.05, 0) is 96.6 Å². The van der Waals surface area contributed by atoms with Gasteiger partial charge in [0, 0.05) is 13.1 Å². The van der Waals surface area contributed by atoms with Gasteiger partial charge in [0.1, 0.15) is 18.1 Å². The van der Waals surface area contributed by atoms with Crippen LogP contribution in [0.5, 0.6) is 0 Å². The third kappa shape index (κ3) is 13.1. The second kappa shape index (κ2) is 22.4. The summed E-state index contributed by atoms with van der Waals surface area (Å²) in [5, 5.41) is 27.7. The van der Waals surface area contributed by atoms with Crippen molar-refractivity contribution in [2.75, 3.05) is 32.7 Å². The first-order chi connectivity index (χ1) is 25.6. The summed E-state index contributed by atoms with van der Waals surface area (Å²) < 4.78 is 12.9. The number of aliphatic hydroxyl groups is 1. The molecule has 0 aromatic carbocycles. The highest BCUT2D eigenvalue weighted by molar-refractivity contribution is 6.47. The highest BCUT2D eigenvalue weighted by Crippen LogP contribution is 2.65. The van der Waals surface area contributed by atoms with Gasteiger partial charge in [-0.15, -0.1) is 0 Å². The predicted molar refractivity (Wildman–Crippen MR) is 212 cm³/mol. The van der Waals surface area contributed by atoms with Crippen LogP contribution in [-0.2, 0) is 28.5 Å². The second-order valence-corrected chi connectivity index (χ2v) is 16.9. The van der Waals surface area contributed by atoms with Crippen LogP contribution in [-0.4, -0.2) is 110 Å². The molecule has 0 aromatic heterocycles. The molecule has 4 fully saturated rings. The van der Waals surface area contributed by atoms with Crippen molar-refractivity contribution < 1.29 is 33.6 Å². The van der Waals surface area contributed by atoms with Gasteiger partial charge in [0.2, 0.25) is 23.6 Å². The largest absolute Gasteiger partial charge is 0.481 e. The van der Waals surface area contributed by atoms with Crippen LogP contribution < -0.4 is 37.6 Å². The Morgan fingerprint density at radius 1 is 0.796 bits per heavy atom. The average Bonchev–Trinajstić information content (AvgIpc) is 3.49. The first-order valence-corrected chi connectivity index (χ1v) is 21.0. The van der Waals surface area contributed by atoms with Crippen molar-refractivity contribution in [1.29, 1.82) is 0 Å². The quantitative estimate of drug-likeness (QED) is 0.0452. The molecule has 310 valence electrons. The summed E-state index contributed by atoms with van der Waals surface area (Å²) in [6.45, 7) is 16.3. The lowest BCUT2D eigenvalue weighted by molar-refractivity contribution is -0.199. The Balaban J connectivity index is 1.40. The molecule has 1 heterocycles. The standard InChI is InChI=1S/C39H74BN7O7/c1-8-9-10-11-12-13-14-17-20-42-21-22-43-25-33(49)47-34(27(3)48)37(52)44-26(2)35(50)46-30(18-15-16-19-41)36(51)45-28(4)40-53-32-24-29-23-31(38(29,5)6)39(32,7)54-40/h26-32,34,42-43,48H,8-25,41H2,1-7H3,(H,44,52)(H,45,51)(H,46,50)(H,47,49)/t26-,27+,28-,29-,30-,31-,32?,34-,39-/m0/s1. The van der Waals surface area contributed by atoms with E-state index in [-0.39, 0.29) is 24.0 Å². The second-order valence-electron chi connectivity index (χ2n) is 16.9. The molecule has 4 aliphatic rings. The van der Waals surface area contributed by atoms with Crippen LogP contribution in [0.15, 0.2) is 0 Å². The molecule has 1 aliphatic heterocycles. The number of nitrogens with one attached hydrogen (secondary N) is 6. The van der Waals surface area contributed by atoms with Crippen molar-refractivity contribution in [3.05, 3.63) is 0 Å². The predicted octanol–water partition coefficient (Wildman–Crippen LogP) is 2.06. The van der Waals surface area contributed by atoms with Gasteiger partial charge in [0.25, 0.3) is 0 Å². The van der Waals surface area contributed by atoms with E-state index >= 15 is 0 Å². The molecule has 3 aliphatic carbocycles. The Kier molecular flexibility index (Phi) is 19.2. The Bertz CT molecular complexity index is 1200. The van der Waals surface area contributed by atoms with Crippen LogP contribution in [0.4, 0.5) is 0 Å². The molecule has 0 aromatic rings. The number of aliphatic hydroxyl groups excluding tert-OH is 1.